The molecule has 3 amide bonds. The molecule has 0 unspecified atom stereocenters. The first kappa shape index (κ1) is 34.8. The molecular formula is C34H45F3N6O3. The average Bonchev–Trinajstić information content (AvgIpc) is 3.42. The number of nitrogens with two attached hydrogens (primary N) is 1. The highest BCUT2D eigenvalue weighted by Gasteiger charge is 2.39. The summed E-state index contributed by atoms with van der Waals surface area (Å²) in [4.78, 5) is 34.5. The van der Waals surface area contributed by atoms with Gasteiger partial charge in [-0.15, -0.1) is 0 Å². The van der Waals surface area contributed by atoms with Crippen LogP contribution in [0.1, 0.15) is 64.4 Å². The molecule has 3 aromatic rings. The van der Waals surface area contributed by atoms with E-state index >= 15 is 4.39 Å². The van der Waals surface area contributed by atoms with Gasteiger partial charge in [-0.25, -0.2) is 27.7 Å². The maximum Gasteiger partial charge on any atom is 0.409 e. The lowest BCUT2D eigenvalue weighted by molar-refractivity contribution is 0.0889. The van der Waals surface area contributed by atoms with Gasteiger partial charge in [-0.2, -0.15) is 0 Å². The SMILES string of the molecule is CCOC(=O)N1CCC(NC(=O)N(CC[C@H](N)CF)[C@@H](c2nc(-c3cc(F)ccc3F)cn2Cc2ccccc2)C(C)(C)C)CC1. The van der Waals surface area contributed by atoms with Crippen LogP contribution in [0.15, 0.2) is 54.7 Å². The Balaban J connectivity index is 1.73. The minimum absolute atomic E-state index is 0.00420. The lowest BCUT2D eigenvalue weighted by Gasteiger charge is -2.41. The molecule has 1 aliphatic rings. The number of nitrogens with one attached hydrogen (secondary N) is 1. The second-order valence-electron chi connectivity index (χ2n) is 12.8. The Hall–Kier alpha value is -4.06. The molecule has 2 heterocycles. The van der Waals surface area contributed by atoms with Crippen molar-refractivity contribution in [3.8, 4) is 11.3 Å². The zero-order chi connectivity index (χ0) is 33.4. The van der Waals surface area contributed by atoms with Gasteiger partial charge in [0.05, 0.1) is 18.3 Å². The molecule has 2 atom stereocenters. The van der Waals surface area contributed by atoms with Crippen LogP contribution in [0, 0.1) is 17.0 Å². The third-order valence-corrected chi connectivity index (χ3v) is 8.13. The van der Waals surface area contributed by atoms with Gasteiger partial charge in [-0.05, 0) is 55.4 Å². The molecule has 3 N–H and O–H groups in total. The second-order valence-corrected chi connectivity index (χ2v) is 12.8. The number of piperidine rings is 1. The van der Waals surface area contributed by atoms with Crippen LogP contribution in [-0.2, 0) is 11.3 Å². The van der Waals surface area contributed by atoms with E-state index in [1.54, 1.807) is 22.9 Å². The van der Waals surface area contributed by atoms with Crippen LogP contribution < -0.4 is 11.1 Å². The molecule has 1 saturated heterocycles. The molecule has 2 aromatic carbocycles. The number of hydrogen-bond donors (Lipinski definition) is 2. The van der Waals surface area contributed by atoms with Crippen molar-refractivity contribution in [2.75, 3.05) is 32.9 Å². The Bertz CT molecular complexity index is 1450. The number of likely N-dealkylation sites (tertiary alicyclic amines) is 1. The Kier molecular flexibility index (Phi) is 11.7. The van der Waals surface area contributed by atoms with Crippen LogP contribution in [0.4, 0.5) is 22.8 Å². The summed E-state index contributed by atoms with van der Waals surface area (Å²) in [7, 11) is 0. The molecule has 4 rings (SSSR count). The number of alkyl halides is 1. The summed E-state index contributed by atoms with van der Waals surface area (Å²) in [5.41, 5.74) is 6.55. The van der Waals surface area contributed by atoms with Gasteiger partial charge in [0.2, 0.25) is 0 Å². The van der Waals surface area contributed by atoms with E-state index in [1.165, 1.54) is 0 Å². The Morgan fingerprint density at radius 2 is 1.83 bits per heavy atom. The second kappa shape index (κ2) is 15.5. The van der Waals surface area contributed by atoms with E-state index in [2.05, 4.69) is 5.32 Å². The maximum atomic E-state index is 15.0. The Morgan fingerprint density at radius 3 is 2.46 bits per heavy atom. The molecule has 1 fully saturated rings. The standard InChI is InChI=1S/C34H45F3N6O3/c1-5-46-33(45)41-16-14-26(15-17-41)39-32(44)43(18-13-25(38)20-35)30(34(2,3)4)31-40-29(27-19-24(36)11-12-28(27)37)22-42(31)21-23-9-7-6-8-10-23/h6-12,19,22,25-26,30H,5,13-18,20-21,38H2,1-4H3,(H,39,44)/t25-,30-/m0/s1. The fourth-order valence-corrected chi connectivity index (χ4v) is 5.78. The number of hydrogen-bond acceptors (Lipinski definition) is 5. The van der Waals surface area contributed by atoms with Crippen LogP contribution in [0.3, 0.4) is 0 Å². The number of amides is 3. The summed E-state index contributed by atoms with van der Waals surface area (Å²) in [6.45, 7) is 8.55. The van der Waals surface area contributed by atoms with Crippen LogP contribution in [0.5, 0.6) is 0 Å². The molecule has 250 valence electrons. The normalized spacial score (nSPS) is 15.3. The van der Waals surface area contributed by atoms with E-state index in [0.717, 1.165) is 23.8 Å². The summed E-state index contributed by atoms with van der Waals surface area (Å²) in [5.74, 6) is -0.753. The number of benzene rings is 2. The zero-order valence-corrected chi connectivity index (χ0v) is 27.0. The molecule has 0 radical (unpaired) electrons. The van der Waals surface area contributed by atoms with Gasteiger partial charge in [-0.3, -0.25) is 0 Å². The molecule has 0 aliphatic carbocycles. The summed E-state index contributed by atoms with van der Waals surface area (Å²) in [6, 6.07) is 10.8. The molecule has 1 aromatic heterocycles. The van der Waals surface area contributed by atoms with Gasteiger partial charge < -0.3 is 30.2 Å². The molecule has 9 nitrogen and oxygen atoms in total. The predicted molar refractivity (Wildman–Crippen MR) is 171 cm³/mol. The number of carbonyl (C=O) groups is 2. The molecular weight excluding hydrogens is 597 g/mol. The van der Waals surface area contributed by atoms with Crippen molar-refractivity contribution in [2.24, 2.45) is 11.1 Å². The van der Waals surface area contributed by atoms with Crippen LogP contribution in [-0.4, -0.2) is 76.5 Å². The highest BCUT2D eigenvalue weighted by molar-refractivity contribution is 5.75. The molecule has 12 heteroatoms. The number of halogens is 3. The highest BCUT2D eigenvalue weighted by Crippen LogP contribution is 2.39. The van der Waals surface area contributed by atoms with Gasteiger partial charge >= 0.3 is 12.1 Å². The van der Waals surface area contributed by atoms with Gasteiger partial charge in [0, 0.05) is 50.0 Å². The topological polar surface area (TPSA) is 106 Å². The molecule has 0 bridgehead atoms. The van der Waals surface area contributed by atoms with E-state index in [4.69, 9.17) is 15.5 Å². The Morgan fingerprint density at radius 1 is 1.13 bits per heavy atom. The first-order chi connectivity index (χ1) is 21.9. The van der Waals surface area contributed by atoms with Crippen molar-refractivity contribution in [3.63, 3.8) is 0 Å². The lowest BCUT2D eigenvalue weighted by atomic mass is 9.84. The van der Waals surface area contributed by atoms with E-state index in [-0.39, 0.29) is 49.0 Å². The molecule has 46 heavy (non-hydrogen) atoms. The monoisotopic (exact) mass is 642 g/mol. The number of carbonyl (C=O) groups excluding carboxylic acids is 2. The molecule has 0 saturated carbocycles. The first-order valence-corrected chi connectivity index (χ1v) is 15.8. The zero-order valence-electron chi connectivity index (χ0n) is 27.0. The minimum Gasteiger partial charge on any atom is -0.450 e. The predicted octanol–water partition coefficient (Wildman–Crippen LogP) is 6.28. The van der Waals surface area contributed by atoms with Crippen LogP contribution >= 0.6 is 0 Å². The van der Waals surface area contributed by atoms with Crippen molar-refractivity contribution < 1.29 is 27.5 Å². The highest BCUT2D eigenvalue weighted by atomic mass is 19.1. The maximum absolute atomic E-state index is 15.0. The summed E-state index contributed by atoms with van der Waals surface area (Å²) >= 11 is 0. The number of ether oxygens (including phenoxy) is 1. The quantitative estimate of drug-likeness (QED) is 0.256. The molecule has 0 spiro atoms. The third-order valence-electron chi connectivity index (χ3n) is 8.13. The van der Waals surface area contributed by atoms with E-state index in [1.807, 2.05) is 55.7 Å². The van der Waals surface area contributed by atoms with Crippen molar-refractivity contribution >= 4 is 12.1 Å². The largest absolute Gasteiger partial charge is 0.450 e. The Labute approximate surface area is 268 Å². The number of urea groups is 1. The first-order valence-electron chi connectivity index (χ1n) is 15.8. The number of rotatable bonds is 11. The van der Waals surface area contributed by atoms with E-state index in [0.29, 0.717) is 38.3 Å². The fraction of sp³-hybridized carbons (Fsp3) is 0.500. The number of nitrogens with zero attached hydrogens (tertiary/aromatic N) is 4. The summed E-state index contributed by atoms with van der Waals surface area (Å²) in [5, 5.41) is 3.13. The number of aromatic nitrogens is 2. The molecule has 1 aliphatic heterocycles. The van der Waals surface area contributed by atoms with Crippen LogP contribution in [0.25, 0.3) is 11.3 Å². The average molecular weight is 643 g/mol. The van der Waals surface area contributed by atoms with E-state index in [9.17, 15) is 18.4 Å². The van der Waals surface area contributed by atoms with Crippen molar-refractivity contribution in [2.45, 2.75) is 71.6 Å². The van der Waals surface area contributed by atoms with Gasteiger partial charge in [-0.1, -0.05) is 51.1 Å². The third kappa shape index (κ3) is 8.80. The lowest BCUT2D eigenvalue weighted by Crippen LogP contribution is -2.53. The minimum atomic E-state index is -0.773. The smallest absolute Gasteiger partial charge is 0.409 e. The summed E-state index contributed by atoms with van der Waals surface area (Å²) < 4.78 is 49.8. The number of imidazole rings is 1. The van der Waals surface area contributed by atoms with Gasteiger partial charge in [0.1, 0.15) is 24.1 Å². The van der Waals surface area contributed by atoms with Gasteiger partial charge in [0.15, 0.2) is 0 Å². The summed E-state index contributed by atoms with van der Waals surface area (Å²) in [6.07, 6.45) is 2.57. The van der Waals surface area contributed by atoms with Gasteiger partial charge in [0.25, 0.3) is 0 Å². The van der Waals surface area contributed by atoms with Crippen molar-refractivity contribution in [3.05, 3.63) is 77.8 Å². The van der Waals surface area contributed by atoms with Crippen LogP contribution in [0.2, 0.25) is 0 Å². The fourth-order valence-electron chi connectivity index (χ4n) is 5.78. The van der Waals surface area contributed by atoms with Crippen molar-refractivity contribution in [1.29, 1.82) is 0 Å². The van der Waals surface area contributed by atoms with Crippen molar-refractivity contribution in [1.82, 2.24) is 24.7 Å². The van der Waals surface area contributed by atoms with E-state index < -0.39 is 35.8 Å².